The number of benzene rings is 1. The van der Waals surface area contributed by atoms with Gasteiger partial charge in [-0.1, -0.05) is 30.4 Å². The molecule has 0 radical (unpaired) electrons. The lowest BCUT2D eigenvalue weighted by molar-refractivity contribution is 0.196. The molecule has 1 aromatic rings. The SMILES string of the molecule is COCCCNS(=O)(=O)Cc1cccc(C(N)=S)c1. The highest BCUT2D eigenvalue weighted by Crippen LogP contribution is 2.08. The summed E-state index contributed by atoms with van der Waals surface area (Å²) in [6, 6.07) is 6.92. The van der Waals surface area contributed by atoms with Crippen LogP contribution in [0.25, 0.3) is 0 Å². The van der Waals surface area contributed by atoms with Crippen molar-refractivity contribution >= 4 is 27.2 Å². The zero-order valence-electron chi connectivity index (χ0n) is 10.8. The quantitative estimate of drug-likeness (QED) is 0.548. The van der Waals surface area contributed by atoms with Crippen LogP contribution in [0.2, 0.25) is 0 Å². The highest BCUT2D eigenvalue weighted by Gasteiger charge is 2.11. The van der Waals surface area contributed by atoms with E-state index in [1.54, 1.807) is 31.4 Å². The first-order valence-corrected chi connectivity index (χ1v) is 7.85. The van der Waals surface area contributed by atoms with E-state index in [-0.39, 0.29) is 10.7 Å². The van der Waals surface area contributed by atoms with Crippen molar-refractivity contribution in [2.24, 2.45) is 5.73 Å². The second-order valence-corrected chi connectivity index (χ2v) is 6.31. The maximum atomic E-state index is 11.8. The van der Waals surface area contributed by atoms with E-state index in [0.717, 1.165) is 0 Å². The fraction of sp³-hybridized carbons (Fsp3) is 0.417. The van der Waals surface area contributed by atoms with Gasteiger partial charge in [-0.2, -0.15) is 0 Å². The van der Waals surface area contributed by atoms with E-state index in [1.165, 1.54) is 0 Å². The van der Waals surface area contributed by atoms with Gasteiger partial charge in [-0.15, -0.1) is 0 Å². The normalized spacial score (nSPS) is 11.4. The van der Waals surface area contributed by atoms with Gasteiger partial charge in [0.2, 0.25) is 10.0 Å². The van der Waals surface area contributed by atoms with Gasteiger partial charge in [-0.25, -0.2) is 13.1 Å². The molecule has 0 spiro atoms. The smallest absolute Gasteiger partial charge is 0.215 e. The monoisotopic (exact) mass is 302 g/mol. The van der Waals surface area contributed by atoms with Crippen LogP contribution in [0.1, 0.15) is 17.5 Å². The van der Waals surface area contributed by atoms with Crippen molar-refractivity contribution < 1.29 is 13.2 Å². The van der Waals surface area contributed by atoms with Crippen LogP contribution in [0.15, 0.2) is 24.3 Å². The third kappa shape index (κ3) is 6.11. The average Bonchev–Trinajstić information content (AvgIpc) is 2.34. The third-order valence-electron chi connectivity index (χ3n) is 2.42. The Balaban J connectivity index is 2.62. The Bertz CT molecular complexity index is 530. The Morgan fingerprint density at radius 2 is 2.21 bits per heavy atom. The van der Waals surface area contributed by atoms with Crippen molar-refractivity contribution in [3.63, 3.8) is 0 Å². The number of methoxy groups -OCH3 is 1. The molecular weight excluding hydrogens is 284 g/mol. The summed E-state index contributed by atoms with van der Waals surface area (Å²) in [5.74, 6) is -0.0869. The molecule has 0 unspecified atom stereocenters. The molecule has 0 bridgehead atoms. The minimum atomic E-state index is -3.35. The van der Waals surface area contributed by atoms with Gasteiger partial charge in [0.25, 0.3) is 0 Å². The van der Waals surface area contributed by atoms with Gasteiger partial charge in [-0.3, -0.25) is 0 Å². The summed E-state index contributed by atoms with van der Waals surface area (Å²) in [6.07, 6.45) is 0.642. The topological polar surface area (TPSA) is 81.4 Å². The Morgan fingerprint density at radius 1 is 1.47 bits per heavy atom. The van der Waals surface area contributed by atoms with Crippen LogP contribution in [0, 0.1) is 0 Å². The molecule has 0 aromatic heterocycles. The summed E-state index contributed by atoms with van der Waals surface area (Å²) in [5, 5.41) is 0. The van der Waals surface area contributed by atoms with E-state index in [9.17, 15) is 8.42 Å². The van der Waals surface area contributed by atoms with Gasteiger partial charge in [0.15, 0.2) is 0 Å². The lowest BCUT2D eigenvalue weighted by Gasteiger charge is -2.07. The predicted octanol–water partition coefficient (Wildman–Crippen LogP) is 0.777. The minimum absolute atomic E-state index is 0.0869. The van der Waals surface area contributed by atoms with Crippen molar-refractivity contribution in [1.29, 1.82) is 0 Å². The van der Waals surface area contributed by atoms with Crippen molar-refractivity contribution in [3.05, 3.63) is 35.4 Å². The average molecular weight is 302 g/mol. The van der Waals surface area contributed by atoms with E-state index in [2.05, 4.69) is 4.72 Å². The van der Waals surface area contributed by atoms with E-state index >= 15 is 0 Å². The number of sulfonamides is 1. The fourth-order valence-electron chi connectivity index (χ4n) is 1.53. The van der Waals surface area contributed by atoms with E-state index in [1.807, 2.05) is 0 Å². The summed E-state index contributed by atoms with van der Waals surface area (Å²) in [7, 11) is -1.77. The predicted molar refractivity (Wildman–Crippen MR) is 79.4 cm³/mol. The second kappa shape index (κ2) is 7.54. The highest BCUT2D eigenvalue weighted by atomic mass is 32.2. The summed E-state index contributed by atoms with van der Waals surface area (Å²) in [4.78, 5) is 0.257. The molecule has 0 aliphatic carbocycles. The number of rotatable bonds is 8. The standard InChI is InChI=1S/C12H18N2O3S2/c1-17-7-3-6-14-19(15,16)9-10-4-2-5-11(8-10)12(13)18/h2,4-5,8,14H,3,6-7,9H2,1H3,(H2,13,18). The molecule has 1 rings (SSSR count). The molecule has 0 fully saturated rings. The van der Waals surface area contributed by atoms with Crippen molar-refractivity contribution in [1.82, 2.24) is 4.72 Å². The van der Waals surface area contributed by atoms with Gasteiger partial charge in [0.05, 0.1) is 5.75 Å². The molecule has 0 saturated carbocycles. The lowest BCUT2D eigenvalue weighted by atomic mass is 10.1. The van der Waals surface area contributed by atoms with Crippen LogP contribution < -0.4 is 10.5 Å². The Kier molecular flexibility index (Phi) is 6.36. The lowest BCUT2D eigenvalue weighted by Crippen LogP contribution is -2.27. The van der Waals surface area contributed by atoms with Crippen molar-refractivity contribution in [3.8, 4) is 0 Å². The number of nitrogens with two attached hydrogens (primary N) is 1. The number of hydrogen-bond acceptors (Lipinski definition) is 4. The van der Waals surface area contributed by atoms with E-state index in [0.29, 0.717) is 30.7 Å². The summed E-state index contributed by atoms with van der Waals surface area (Å²) in [6.45, 7) is 0.893. The largest absolute Gasteiger partial charge is 0.389 e. The van der Waals surface area contributed by atoms with Gasteiger partial charge in [-0.05, 0) is 18.1 Å². The van der Waals surface area contributed by atoms with Gasteiger partial charge in [0.1, 0.15) is 4.99 Å². The molecule has 7 heteroatoms. The molecule has 0 amide bonds. The highest BCUT2D eigenvalue weighted by molar-refractivity contribution is 7.88. The minimum Gasteiger partial charge on any atom is -0.389 e. The molecule has 106 valence electrons. The van der Waals surface area contributed by atoms with E-state index < -0.39 is 10.0 Å². The first kappa shape index (κ1) is 16.0. The van der Waals surface area contributed by atoms with Crippen molar-refractivity contribution in [2.75, 3.05) is 20.3 Å². The number of ether oxygens (including phenoxy) is 1. The first-order chi connectivity index (χ1) is 8.94. The molecule has 5 nitrogen and oxygen atoms in total. The molecule has 19 heavy (non-hydrogen) atoms. The molecule has 3 N–H and O–H groups in total. The Hall–Kier alpha value is -1.02. The number of hydrogen-bond donors (Lipinski definition) is 2. The zero-order valence-corrected chi connectivity index (χ0v) is 12.4. The van der Waals surface area contributed by atoms with Crippen LogP contribution >= 0.6 is 12.2 Å². The third-order valence-corrected chi connectivity index (χ3v) is 4.01. The number of thiocarbonyl (C=S) groups is 1. The molecule has 0 atom stereocenters. The number of nitrogens with one attached hydrogen (secondary N) is 1. The summed E-state index contributed by atoms with van der Waals surface area (Å²) < 4.78 is 31.0. The van der Waals surface area contributed by atoms with Crippen LogP contribution in [-0.4, -0.2) is 33.7 Å². The maximum Gasteiger partial charge on any atom is 0.215 e. The van der Waals surface area contributed by atoms with E-state index in [4.69, 9.17) is 22.7 Å². The van der Waals surface area contributed by atoms with Crippen molar-refractivity contribution in [2.45, 2.75) is 12.2 Å². The summed E-state index contributed by atoms with van der Waals surface area (Å²) in [5.41, 5.74) is 6.84. The second-order valence-electron chi connectivity index (χ2n) is 4.06. The van der Waals surface area contributed by atoms with Gasteiger partial charge < -0.3 is 10.5 Å². The van der Waals surface area contributed by atoms with Gasteiger partial charge >= 0.3 is 0 Å². The molecular formula is C12H18N2O3S2. The fourth-order valence-corrected chi connectivity index (χ4v) is 2.83. The molecule has 0 saturated heterocycles. The molecule has 0 aliphatic rings. The van der Waals surface area contributed by atoms with Crippen LogP contribution in [0.3, 0.4) is 0 Å². The zero-order chi connectivity index (χ0) is 14.3. The Morgan fingerprint density at radius 3 is 2.84 bits per heavy atom. The van der Waals surface area contributed by atoms with Crippen LogP contribution in [0.5, 0.6) is 0 Å². The first-order valence-electron chi connectivity index (χ1n) is 5.79. The molecule has 1 aromatic carbocycles. The molecule has 0 heterocycles. The summed E-state index contributed by atoms with van der Waals surface area (Å²) >= 11 is 4.86. The van der Waals surface area contributed by atoms with Crippen LogP contribution in [0.4, 0.5) is 0 Å². The molecule has 0 aliphatic heterocycles. The van der Waals surface area contributed by atoms with Gasteiger partial charge in [0, 0.05) is 25.8 Å². The maximum absolute atomic E-state index is 11.8. The van der Waals surface area contributed by atoms with Crippen LogP contribution in [-0.2, 0) is 20.5 Å². The Labute approximate surface area is 119 Å².